The Hall–Kier alpha value is -1.56. The average Bonchev–Trinajstić information content (AvgIpc) is 3.23. The van der Waals surface area contributed by atoms with Gasteiger partial charge in [0.2, 0.25) is 5.91 Å². The lowest BCUT2D eigenvalue weighted by molar-refractivity contribution is -0.141. The number of carbonyl (C=O) groups is 2. The smallest absolute Gasteiger partial charge is 0.256 e. The van der Waals surface area contributed by atoms with Crippen LogP contribution < -0.4 is 0 Å². The molecule has 1 aromatic heterocycles. The summed E-state index contributed by atoms with van der Waals surface area (Å²) in [5.74, 6) is -0.486. The molecule has 1 aromatic carbocycles. The van der Waals surface area contributed by atoms with E-state index >= 15 is 0 Å². The molecule has 1 atom stereocenters. The number of hydrogen-bond acceptors (Lipinski definition) is 3. The fraction of sp³-hybridized carbons (Fsp3) is 0.520. The van der Waals surface area contributed by atoms with Crippen molar-refractivity contribution in [3.05, 3.63) is 57.3 Å². The van der Waals surface area contributed by atoms with Gasteiger partial charge in [-0.3, -0.25) is 9.59 Å². The summed E-state index contributed by atoms with van der Waals surface area (Å²) < 4.78 is 0. The van der Waals surface area contributed by atoms with Crippen LogP contribution in [-0.4, -0.2) is 46.1 Å². The molecule has 0 N–H and O–H groups in total. The lowest BCUT2D eigenvalue weighted by Crippen LogP contribution is -2.48. The highest BCUT2D eigenvalue weighted by atomic mass is 35.5. The number of benzene rings is 1. The summed E-state index contributed by atoms with van der Waals surface area (Å²) >= 11 is 13.4. The first kappa shape index (κ1) is 25.1. The number of unbranched alkanes of at least 4 members (excludes halogenated alkanes) is 1. The predicted molar refractivity (Wildman–Crippen MR) is 134 cm³/mol. The van der Waals surface area contributed by atoms with Crippen LogP contribution >= 0.6 is 34.5 Å². The first-order valence-electron chi connectivity index (χ1n) is 11.2. The van der Waals surface area contributed by atoms with E-state index in [1.54, 1.807) is 11.3 Å². The fourth-order valence-electron chi connectivity index (χ4n) is 4.12. The Labute approximate surface area is 205 Å². The minimum Gasteiger partial charge on any atom is -0.331 e. The molecule has 174 valence electrons. The van der Waals surface area contributed by atoms with E-state index in [0.29, 0.717) is 13.1 Å². The van der Waals surface area contributed by atoms with Crippen molar-refractivity contribution in [3.63, 3.8) is 0 Å². The van der Waals surface area contributed by atoms with E-state index in [1.807, 2.05) is 11.8 Å². The van der Waals surface area contributed by atoms with Crippen LogP contribution in [0.3, 0.4) is 0 Å². The molecule has 3 rings (SSSR count). The Morgan fingerprint density at radius 2 is 1.88 bits per heavy atom. The van der Waals surface area contributed by atoms with Crippen molar-refractivity contribution in [2.24, 2.45) is 0 Å². The van der Waals surface area contributed by atoms with Gasteiger partial charge in [-0.2, -0.15) is 0 Å². The third-order valence-electron chi connectivity index (χ3n) is 5.98. The highest BCUT2D eigenvalue weighted by Crippen LogP contribution is 2.38. The third-order valence-corrected chi connectivity index (χ3v) is 7.35. The van der Waals surface area contributed by atoms with Gasteiger partial charge in [-0.1, -0.05) is 81.6 Å². The monoisotopic (exact) mass is 494 g/mol. The first-order chi connectivity index (χ1) is 15.1. The minimum absolute atomic E-state index is 0.00911. The van der Waals surface area contributed by atoms with Gasteiger partial charge >= 0.3 is 0 Å². The second-order valence-corrected chi connectivity index (χ2v) is 11.4. The number of amides is 2. The minimum atomic E-state index is -1.16. The molecule has 0 fully saturated rings. The quantitative estimate of drug-likeness (QED) is 0.446. The van der Waals surface area contributed by atoms with E-state index in [4.69, 9.17) is 23.2 Å². The Balaban J connectivity index is 1.90. The number of nitrogens with zero attached hydrogens (tertiary/aromatic N) is 2. The Bertz CT molecular complexity index is 934. The van der Waals surface area contributed by atoms with E-state index in [1.165, 1.54) is 20.9 Å². The van der Waals surface area contributed by atoms with Crippen molar-refractivity contribution in [1.29, 1.82) is 0 Å². The zero-order valence-electron chi connectivity index (χ0n) is 19.2. The van der Waals surface area contributed by atoms with Crippen molar-refractivity contribution in [1.82, 2.24) is 9.80 Å². The van der Waals surface area contributed by atoms with Crippen molar-refractivity contribution in [2.45, 2.75) is 63.3 Å². The van der Waals surface area contributed by atoms with Gasteiger partial charge in [-0.05, 0) is 46.4 Å². The molecule has 1 unspecified atom stereocenters. The Morgan fingerprint density at radius 1 is 1.19 bits per heavy atom. The van der Waals surface area contributed by atoms with Crippen LogP contribution in [0.4, 0.5) is 0 Å². The van der Waals surface area contributed by atoms with Crippen LogP contribution in [0.15, 0.2) is 35.7 Å². The zero-order valence-corrected chi connectivity index (χ0v) is 21.6. The number of rotatable bonds is 7. The van der Waals surface area contributed by atoms with Gasteiger partial charge in [0.25, 0.3) is 5.91 Å². The molecular weight excluding hydrogens is 463 g/mol. The molecule has 1 aliphatic heterocycles. The van der Waals surface area contributed by atoms with E-state index in [-0.39, 0.29) is 23.9 Å². The van der Waals surface area contributed by atoms with E-state index in [9.17, 15) is 9.59 Å². The number of alkyl halides is 2. The number of thiophene rings is 1. The van der Waals surface area contributed by atoms with E-state index in [0.717, 1.165) is 24.8 Å². The second kappa shape index (κ2) is 10.6. The highest BCUT2D eigenvalue weighted by Gasteiger charge is 2.34. The van der Waals surface area contributed by atoms with Gasteiger partial charge in [-0.25, -0.2) is 0 Å². The molecule has 2 amide bonds. The number of fused-ring (bicyclic) bond motifs is 1. The van der Waals surface area contributed by atoms with Gasteiger partial charge in [-0.15, -0.1) is 11.3 Å². The summed E-state index contributed by atoms with van der Waals surface area (Å²) in [6.07, 6.45) is 2.54. The second-order valence-electron chi connectivity index (χ2n) is 9.32. The molecule has 2 aromatic rings. The molecule has 2 heterocycles. The van der Waals surface area contributed by atoms with Gasteiger partial charge in [0.05, 0.1) is 12.6 Å². The highest BCUT2D eigenvalue weighted by molar-refractivity contribution is 7.10. The normalized spacial score (nSPS) is 16.2. The number of halogens is 2. The zero-order chi connectivity index (χ0) is 23.5. The molecule has 1 aliphatic rings. The number of hydrogen-bond donors (Lipinski definition) is 0. The predicted octanol–water partition coefficient (Wildman–Crippen LogP) is 5.95. The summed E-state index contributed by atoms with van der Waals surface area (Å²) in [5, 5.41) is 2.10. The van der Waals surface area contributed by atoms with Gasteiger partial charge in [0.1, 0.15) is 0 Å². The summed E-state index contributed by atoms with van der Waals surface area (Å²) in [5.41, 5.74) is 3.59. The molecule has 0 radical (unpaired) electrons. The van der Waals surface area contributed by atoms with Crippen LogP contribution in [-0.2, 0) is 21.4 Å². The molecular formula is C25H32Cl2N2O2S. The van der Waals surface area contributed by atoms with Crippen LogP contribution in [0.25, 0.3) is 0 Å². The summed E-state index contributed by atoms with van der Waals surface area (Å²) in [7, 11) is 0. The van der Waals surface area contributed by atoms with Crippen LogP contribution in [0.1, 0.15) is 68.1 Å². The molecule has 0 saturated heterocycles. The number of carbonyl (C=O) groups excluding carboxylic acids is 2. The van der Waals surface area contributed by atoms with Crippen molar-refractivity contribution in [3.8, 4) is 0 Å². The Morgan fingerprint density at radius 3 is 2.47 bits per heavy atom. The lowest BCUT2D eigenvalue weighted by atomic mass is 9.85. The maximum atomic E-state index is 13.5. The van der Waals surface area contributed by atoms with Crippen molar-refractivity contribution >= 4 is 46.4 Å². The summed E-state index contributed by atoms with van der Waals surface area (Å²) in [6, 6.07) is 10.5. The largest absolute Gasteiger partial charge is 0.331 e. The third kappa shape index (κ3) is 5.67. The molecule has 0 bridgehead atoms. The van der Waals surface area contributed by atoms with E-state index < -0.39 is 10.7 Å². The standard InChI is InChI=1S/C25H32Cl2N2O2S/c1-5-6-13-28(24(31)23(26)27)16-21(30)29-14-11-20-19(12-15-32-20)22(29)17-7-9-18(10-8-17)25(2,3)4/h7-10,12,15,22-23H,5-6,11,13-14,16H2,1-4H3. The molecule has 4 nitrogen and oxygen atoms in total. The fourth-order valence-corrected chi connectivity index (χ4v) is 5.30. The van der Waals surface area contributed by atoms with E-state index in [2.05, 4.69) is 56.5 Å². The lowest BCUT2D eigenvalue weighted by Gasteiger charge is -2.38. The van der Waals surface area contributed by atoms with Crippen LogP contribution in [0, 0.1) is 0 Å². The molecule has 7 heteroatoms. The van der Waals surface area contributed by atoms with Gasteiger partial charge in [0, 0.05) is 18.0 Å². The first-order valence-corrected chi connectivity index (χ1v) is 12.9. The van der Waals surface area contributed by atoms with Gasteiger partial charge in [0.15, 0.2) is 4.84 Å². The molecule has 0 spiro atoms. The van der Waals surface area contributed by atoms with Gasteiger partial charge < -0.3 is 9.80 Å². The maximum absolute atomic E-state index is 13.5. The SMILES string of the molecule is CCCCN(CC(=O)N1CCc2sccc2C1c1ccc(C(C)(C)C)cc1)C(=O)C(Cl)Cl. The Kier molecular flexibility index (Phi) is 8.29. The topological polar surface area (TPSA) is 40.6 Å². The maximum Gasteiger partial charge on any atom is 0.256 e. The van der Waals surface area contributed by atoms with Crippen LogP contribution in [0.5, 0.6) is 0 Å². The molecule has 0 aliphatic carbocycles. The molecule has 32 heavy (non-hydrogen) atoms. The summed E-state index contributed by atoms with van der Waals surface area (Å²) in [6.45, 7) is 9.71. The summed E-state index contributed by atoms with van der Waals surface area (Å²) in [4.78, 5) is 29.6. The van der Waals surface area contributed by atoms with Crippen molar-refractivity contribution < 1.29 is 9.59 Å². The molecule has 0 saturated carbocycles. The van der Waals surface area contributed by atoms with Crippen molar-refractivity contribution in [2.75, 3.05) is 19.6 Å². The average molecular weight is 496 g/mol. The van der Waals surface area contributed by atoms with Crippen LogP contribution in [0.2, 0.25) is 0 Å².